The molecule has 6 nitrogen and oxygen atoms in total. The zero-order chi connectivity index (χ0) is 15.4. The molecule has 0 bridgehead atoms. The van der Waals surface area contributed by atoms with Crippen LogP contribution >= 0.6 is 0 Å². The standard InChI is InChI=1S/C15H20N4O2/c1-4-11-7-13(5-2)18(17-11)14-8-12(16-6-3)9-15(10-14)19(20)21/h7-10,16H,4-6H2,1-3H3. The summed E-state index contributed by atoms with van der Waals surface area (Å²) in [7, 11) is 0. The van der Waals surface area contributed by atoms with Gasteiger partial charge in [-0.2, -0.15) is 5.10 Å². The minimum atomic E-state index is -0.375. The number of hydrogen-bond acceptors (Lipinski definition) is 4. The molecule has 1 N–H and O–H groups in total. The van der Waals surface area contributed by atoms with Crippen molar-refractivity contribution in [3.8, 4) is 5.69 Å². The van der Waals surface area contributed by atoms with Crippen LogP contribution in [-0.2, 0) is 12.8 Å². The summed E-state index contributed by atoms with van der Waals surface area (Å²) in [6, 6.07) is 7.04. The fraction of sp³-hybridized carbons (Fsp3) is 0.400. The fourth-order valence-corrected chi connectivity index (χ4v) is 2.25. The van der Waals surface area contributed by atoms with Gasteiger partial charge in [0.2, 0.25) is 0 Å². The van der Waals surface area contributed by atoms with Gasteiger partial charge in [0, 0.05) is 30.1 Å². The number of rotatable bonds is 6. The van der Waals surface area contributed by atoms with Crippen molar-refractivity contribution in [1.29, 1.82) is 0 Å². The molecule has 0 atom stereocenters. The molecule has 2 aromatic rings. The van der Waals surface area contributed by atoms with Crippen molar-refractivity contribution in [3.05, 3.63) is 45.8 Å². The molecule has 0 aliphatic rings. The molecule has 0 saturated heterocycles. The second-order valence-corrected chi connectivity index (χ2v) is 4.77. The Kier molecular flexibility index (Phi) is 4.57. The lowest BCUT2D eigenvalue weighted by Gasteiger charge is -2.09. The lowest BCUT2D eigenvalue weighted by Crippen LogP contribution is -2.05. The summed E-state index contributed by atoms with van der Waals surface area (Å²) >= 11 is 0. The third kappa shape index (κ3) is 3.21. The topological polar surface area (TPSA) is 73.0 Å². The predicted molar refractivity (Wildman–Crippen MR) is 83.1 cm³/mol. The lowest BCUT2D eigenvalue weighted by molar-refractivity contribution is -0.384. The molecular weight excluding hydrogens is 268 g/mol. The normalized spacial score (nSPS) is 10.6. The summed E-state index contributed by atoms with van der Waals surface area (Å²) in [4.78, 5) is 10.7. The molecule has 0 unspecified atom stereocenters. The molecule has 1 aromatic carbocycles. The molecular formula is C15H20N4O2. The smallest absolute Gasteiger partial charge is 0.273 e. The first kappa shape index (κ1) is 15.0. The molecule has 0 aliphatic heterocycles. The first-order valence-electron chi connectivity index (χ1n) is 7.20. The van der Waals surface area contributed by atoms with Crippen LogP contribution in [0.25, 0.3) is 5.69 Å². The molecule has 0 aliphatic carbocycles. The molecule has 1 aromatic heterocycles. The maximum atomic E-state index is 11.1. The Morgan fingerprint density at radius 2 is 1.95 bits per heavy atom. The summed E-state index contributed by atoms with van der Waals surface area (Å²) < 4.78 is 1.80. The van der Waals surface area contributed by atoms with Gasteiger partial charge in [-0.3, -0.25) is 10.1 Å². The SMILES string of the molecule is CCNc1cc(-n2nc(CC)cc2CC)cc([N+](=O)[O-])c1. The number of nitro groups is 1. The second kappa shape index (κ2) is 6.39. The van der Waals surface area contributed by atoms with Crippen molar-refractivity contribution < 1.29 is 4.92 Å². The Morgan fingerprint density at radius 1 is 1.19 bits per heavy atom. The van der Waals surface area contributed by atoms with E-state index in [1.54, 1.807) is 16.8 Å². The van der Waals surface area contributed by atoms with Crippen molar-refractivity contribution in [1.82, 2.24) is 9.78 Å². The monoisotopic (exact) mass is 288 g/mol. The summed E-state index contributed by atoms with van der Waals surface area (Å²) in [5.74, 6) is 0. The van der Waals surface area contributed by atoms with E-state index in [2.05, 4.69) is 17.3 Å². The molecule has 112 valence electrons. The van der Waals surface area contributed by atoms with Gasteiger partial charge < -0.3 is 5.32 Å². The van der Waals surface area contributed by atoms with Crippen LogP contribution in [0.3, 0.4) is 0 Å². The number of nitro benzene ring substituents is 1. The maximum Gasteiger partial charge on any atom is 0.273 e. The van der Waals surface area contributed by atoms with Crippen molar-refractivity contribution in [3.63, 3.8) is 0 Å². The van der Waals surface area contributed by atoms with Crippen LogP contribution in [0.4, 0.5) is 11.4 Å². The van der Waals surface area contributed by atoms with E-state index >= 15 is 0 Å². The molecule has 0 radical (unpaired) electrons. The van der Waals surface area contributed by atoms with Gasteiger partial charge in [0.15, 0.2) is 0 Å². The summed E-state index contributed by atoms with van der Waals surface area (Å²) in [6.07, 6.45) is 1.67. The molecule has 2 rings (SSSR count). The van der Waals surface area contributed by atoms with Crippen LogP contribution < -0.4 is 5.32 Å². The van der Waals surface area contributed by atoms with Crippen LogP contribution in [0.5, 0.6) is 0 Å². The minimum absolute atomic E-state index is 0.0686. The Morgan fingerprint density at radius 3 is 2.52 bits per heavy atom. The number of aromatic nitrogens is 2. The predicted octanol–water partition coefficient (Wildman–Crippen LogP) is 3.34. The molecule has 0 amide bonds. The van der Waals surface area contributed by atoms with Crippen molar-refractivity contribution in [2.75, 3.05) is 11.9 Å². The summed E-state index contributed by atoms with van der Waals surface area (Å²) in [6.45, 7) is 6.76. The van der Waals surface area contributed by atoms with E-state index in [9.17, 15) is 10.1 Å². The number of benzene rings is 1. The number of aryl methyl sites for hydroxylation is 2. The summed E-state index contributed by atoms with van der Waals surface area (Å²) in [5, 5.41) is 18.8. The zero-order valence-corrected chi connectivity index (χ0v) is 12.6. The highest BCUT2D eigenvalue weighted by molar-refractivity contribution is 5.59. The third-order valence-electron chi connectivity index (χ3n) is 3.30. The van der Waals surface area contributed by atoms with E-state index in [-0.39, 0.29) is 10.6 Å². The first-order valence-corrected chi connectivity index (χ1v) is 7.20. The van der Waals surface area contributed by atoms with E-state index < -0.39 is 0 Å². The third-order valence-corrected chi connectivity index (χ3v) is 3.30. The number of nitrogens with one attached hydrogen (secondary N) is 1. The van der Waals surface area contributed by atoms with Crippen molar-refractivity contribution in [2.45, 2.75) is 33.6 Å². The molecule has 6 heteroatoms. The summed E-state index contributed by atoms with van der Waals surface area (Å²) in [5.41, 5.74) is 3.56. The molecule has 0 spiro atoms. The van der Waals surface area contributed by atoms with Gasteiger partial charge in [0.05, 0.1) is 16.3 Å². The fourth-order valence-electron chi connectivity index (χ4n) is 2.25. The van der Waals surface area contributed by atoms with Gasteiger partial charge >= 0.3 is 0 Å². The van der Waals surface area contributed by atoms with Crippen LogP contribution in [-0.4, -0.2) is 21.2 Å². The Balaban J connectivity index is 2.56. The van der Waals surface area contributed by atoms with E-state index in [1.807, 2.05) is 26.0 Å². The van der Waals surface area contributed by atoms with Crippen molar-refractivity contribution >= 4 is 11.4 Å². The maximum absolute atomic E-state index is 11.1. The highest BCUT2D eigenvalue weighted by Gasteiger charge is 2.14. The van der Waals surface area contributed by atoms with Gasteiger partial charge in [-0.05, 0) is 31.9 Å². The van der Waals surface area contributed by atoms with E-state index in [0.29, 0.717) is 6.54 Å². The highest BCUT2D eigenvalue weighted by Crippen LogP contribution is 2.24. The Bertz CT molecular complexity index is 649. The largest absolute Gasteiger partial charge is 0.385 e. The van der Waals surface area contributed by atoms with Gasteiger partial charge in [-0.25, -0.2) is 4.68 Å². The van der Waals surface area contributed by atoms with E-state index in [0.717, 1.165) is 35.6 Å². The van der Waals surface area contributed by atoms with E-state index in [4.69, 9.17) is 0 Å². The quantitative estimate of drug-likeness (QED) is 0.653. The van der Waals surface area contributed by atoms with Gasteiger partial charge in [0.25, 0.3) is 5.69 Å². The van der Waals surface area contributed by atoms with Crippen molar-refractivity contribution in [2.24, 2.45) is 0 Å². The van der Waals surface area contributed by atoms with Gasteiger partial charge in [0.1, 0.15) is 0 Å². The van der Waals surface area contributed by atoms with Gasteiger partial charge in [-0.1, -0.05) is 13.8 Å². The lowest BCUT2D eigenvalue weighted by atomic mass is 10.2. The van der Waals surface area contributed by atoms with Crippen LogP contribution in [0.2, 0.25) is 0 Å². The van der Waals surface area contributed by atoms with Gasteiger partial charge in [-0.15, -0.1) is 0 Å². The number of anilines is 1. The zero-order valence-electron chi connectivity index (χ0n) is 12.6. The minimum Gasteiger partial charge on any atom is -0.385 e. The molecule has 1 heterocycles. The Hall–Kier alpha value is -2.37. The average molecular weight is 288 g/mol. The average Bonchev–Trinajstić information content (AvgIpc) is 2.90. The van der Waals surface area contributed by atoms with E-state index in [1.165, 1.54) is 0 Å². The number of nitrogens with zero attached hydrogens (tertiary/aromatic N) is 3. The first-order chi connectivity index (χ1) is 10.1. The molecule has 0 saturated carbocycles. The number of non-ortho nitro benzene ring substituents is 1. The van der Waals surface area contributed by atoms with Crippen LogP contribution in [0.1, 0.15) is 32.2 Å². The van der Waals surface area contributed by atoms with Crippen LogP contribution in [0.15, 0.2) is 24.3 Å². The molecule has 0 fully saturated rings. The second-order valence-electron chi connectivity index (χ2n) is 4.77. The Labute approximate surface area is 123 Å². The van der Waals surface area contributed by atoms with Crippen LogP contribution in [0, 0.1) is 10.1 Å². The molecule has 21 heavy (non-hydrogen) atoms. The number of hydrogen-bond donors (Lipinski definition) is 1. The highest BCUT2D eigenvalue weighted by atomic mass is 16.6.